The van der Waals surface area contributed by atoms with Gasteiger partial charge in [0.25, 0.3) is 5.56 Å². The first-order valence-electron chi connectivity index (χ1n) is 7.05. The number of nitrogens with one attached hydrogen (secondary N) is 1. The van der Waals surface area contributed by atoms with Gasteiger partial charge in [-0.05, 0) is 35.7 Å². The molecular weight excluding hydrogens is 349 g/mol. The summed E-state index contributed by atoms with van der Waals surface area (Å²) in [4.78, 5) is 30.1. The second kappa shape index (κ2) is 5.47. The summed E-state index contributed by atoms with van der Waals surface area (Å²) < 4.78 is 1.73. The van der Waals surface area contributed by atoms with Gasteiger partial charge in [-0.2, -0.15) is 4.98 Å². The summed E-state index contributed by atoms with van der Waals surface area (Å²) in [6.45, 7) is 0. The zero-order valence-corrected chi connectivity index (χ0v) is 13.6. The number of nitrogens with zero attached hydrogens (tertiary/aromatic N) is 2. The van der Waals surface area contributed by atoms with Crippen LogP contribution in [0.25, 0.3) is 28.0 Å². The number of halogens is 2. The van der Waals surface area contributed by atoms with Crippen LogP contribution >= 0.6 is 23.2 Å². The zero-order chi connectivity index (χ0) is 16.8. The lowest BCUT2D eigenvalue weighted by molar-refractivity contribution is 0.960. The first kappa shape index (κ1) is 14.9. The normalized spacial score (nSPS) is 11.2. The molecule has 0 fully saturated rings. The predicted molar refractivity (Wildman–Crippen MR) is 94.6 cm³/mol. The number of rotatable bonds is 1. The molecule has 7 heteroatoms. The maximum Gasteiger partial charge on any atom is 0.349 e. The van der Waals surface area contributed by atoms with Gasteiger partial charge in [0.05, 0.1) is 21.1 Å². The maximum absolute atomic E-state index is 12.2. The molecule has 0 radical (unpaired) electrons. The molecule has 0 spiro atoms. The van der Waals surface area contributed by atoms with Crippen LogP contribution in [0.4, 0.5) is 0 Å². The van der Waals surface area contributed by atoms with E-state index in [-0.39, 0.29) is 5.82 Å². The van der Waals surface area contributed by atoms with Gasteiger partial charge in [-0.25, -0.2) is 4.79 Å². The van der Waals surface area contributed by atoms with Gasteiger partial charge in [-0.3, -0.25) is 14.3 Å². The van der Waals surface area contributed by atoms with E-state index >= 15 is 0 Å². The second-order valence-electron chi connectivity index (χ2n) is 5.25. The van der Waals surface area contributed by atoms with Crippen molar-refractivity contribution in [2.24, 2.45) is 0 Å². The van der Waals surface area contributed by atoms with Crippen molar-refractivity contribution in [3.8, 4) is 17.1 Å². The molecule has 0 aliphatic carbocycles. The minimum atomic E-state index is -0.698. The molecule has 118 valence electrons. The number of aromatic amines is 1. The van der Waals surface area contributed by atoms with Crippen molar-refractivity contribution in [2.75, 3.05) is 0 Å². The highest BCUT2D eigenvalue weighted by atomic mass is 35.5. The summed E-state index contributed by atoms with van der Waals surface area (Å²) in [5.41, 5.74) is 0.588. The highest BCUT2D eigenvalue weighted by Gasteiger charge is 2.18. The van der Waals surface area contributed by atoms with Crippen LogP contribution in [0.5, 0.6) is 0 Å². The molecule has 0 aromatic heterocycles. The van der Waals surface area contributed by atoms with Gasteiger partial charge in [0, 0.05) is 5.69 Å². The Bertz CT molecular complexity index is 1180. The number of hydrogen-bond acceptors (Lipinski definition) is 3. The minimum absolute atomic E-state index is 0.265. The van der Waals surface area contributed by atoms with Crippen molar-refractivity contribution in [3.63, 3.8) is 0 Å². The third kappa shape index (κ3) is 2.29. The van der Waals surface area contributed by atoms with Gasteiger partial charge in [0.2, 0.25) is 0 Å². The summed E-state index contributed by atoms with van der Waals surface area (Å²) in [6.07, 6.45) is 0. The van der Waals surface area contributed by atoms with Crippen LogP contribution < -0.4 is 11.2 Å². The summed E-state index contributed by atoms with van der Waals surface area (Å²) in [5, 5.41) is 1.62. The largest absolute Gasteiger partial charge is 0.349 e. The molecule has 2 aromatic rings. The Balaban J connectivity index is 2.23. The molecule has 4 rings (SSSR count). The van der Waals surface area contributed by atoms with E-state index in [0.717, 1.165) is 10.9 Å². The zero-order valence-electron chi connectivity index (χ0n) is 12.1. The highest BCUT2D eigenvalue weighted by molar-refractivity contribution is 6.42. The standard InChI is InChI=1S/C17H9Cl2N3O2/c18-12-6-5-10(8-13(12)19)22-14-4-2-1-3-9(14)7-11-15(22)20-17(24)21-16(11)23/h1-8H,(H,21,23,24). The average molecular weight is 358 g/mol. The fourth-order valence-electron chi connectivity index (χ4n) is 2.72. The van der Waals surface area contributed by atoms with E-state index in [4.69, 9.17) is 23.2 Å². The van der Waals surface area contributed by atoms with Crippen molar-refractivity contribution in [2.45, 2.75) is 0 Å². The van der Waals surface area contributed by atoms with Gasteiger partial charge in [-0.1, -0.05) is 41.4 Å². The summed E-state index contributed by atoms with van der Waals surface area (Å²) in [5.74, 6) is 0.265. The molecule has 0 unspecified atom stereocenters. The third-order valence-electron chi connectivity index (χ3n) is 3.76. The second-order valence-corrected chi connectivity index (χ2v) is 6.06. The van der Waals surface area contributed by atoms with Crippen LogP contribution in [0.3, 0.4) is 0 Å². The first-order chi connectivity index (χ1) is 11.5. The SMILES string of the molecule is O=c1nc2n(-c3ccc(Cl)c(Cl)c3)c3ccccc3cc-2c(=O)[nH]1. The van der Waals surface area contributed by atoms with Crippen LogP contribution in [0.2, 0.25) is 10.0 Å². The maximum atomic E-state index is 12.2. The number of fused-ring (bicyclic) bond motifs is 2. The van der Waals surface area contributed by atoms with Gasteiger partial charge < -0.3 is 0 Å². The average Bonchev–Trinajstić information content (AvgIpc) is 2.56. The van der Waals surface area contributed by atoms with Gasteiger partial charge >= 0.3 is 5.69 Å². The lowest BCUT2D eigenvalue weighted by Crippen LogP contribution is -2.27. The van der Waals surface area contributed by atoms with E-state index < -0.39 is 11.2 Å². The number of pyridine rings is 1. The number of benzene rings is 2. The van der Waals surface area contributed by atoms with Crippen molar-refractivity contribution >= 4 is 34.1 Å². The number of H-pyrrole nitrogens is 1. The molecule has 5 nitrogen and oxygen atoms in total. The van der Waals surface area contributed by atoms with E-state index in [2.05, 4.69) is 9.97 Å². The monoisotopic (exact) mass is 357 g/mol. The fourth-order valence-corrected chi connectivity index (χ4v) is 3.01. The van der Waals surface area contributed by atoms with E-state index in [1.807, 2.05) is 24.3 Å². The van der Waals surface area contributed by atoms with Gasteiger partial charge in [0.15, 0.2) is 5.82 Å². The molecule has 0 saturated carbocycles. The molecular formula is C17H9Cl2N3O2. The van der Waals surface area contributed by atoms with E-state index in [1.54, 1.807) is 28.8 Å². The Morgan fingerprint density at radius 1 is 0.958 bits per heavy atom. The van der Waals surface area contributed by atoms with Crippen molar-refractivity contribution in [1.82, 2.24) is 14.5 Å². The minimum Gasteiger partial charge on any atom is -0.294 e. The third-order valence-corrected chi connectivity index (χ3v) is 4.50. The lowest BCUT2D eigenvalue weighted by atomic mass is 10.1. The topological polar surface area (TPSA) is 67.8 Å². The fraction of sp³-hybridized carbons (Fsp3) is 0. The van der Waals surface area contributed by atoms with Crippen LogP contribution in [0.1, 0.15) is 0 Å². The molecule has 0 bridgehead atoms. The van der Waals surface area contributed by atoms with Crippen LogP contribution in [0, 0.1) is 0 Å². The van der Waals surface area contributed by atoms with Crippen molar-refractivity contribution in [3.05, 3.63) is 79.4 Å². The lowest BCUT2D eigenvalue weighted by Gasteiger charge is -2.17. The highest BCUT2D eigenvalue weighted by Crippen LogP contribution is 2.30. The Hall–Kier alpha value is -2.63. The summed E-state index contributed by atoms with van der Waals surface area (Å²) >= 11 is 12.1. The van der Waals surface area contributed by atoms with Crippen LogP contribution in [-0.2, 0) is 0 Å². The molecule has 2 aliphatic rings. The number of aromatic nitrogens is 3. The molecule has 24 heavy (non-hydrogen) atoms. The summed E-state index contributed by atoms with van der Waals surface area (Å²) in [6, 6.07) is 14.3. The quantitative estimate of drug-likeness (QED) is 0.530. The Morgan fingerprint density at radius 3 is 2.54 bits per heavy atom. The Morgan fingerprint density at radius 2 is 1.75 bits per heavy atom. The van der Waals surface area contributed by atoms with Crippen molar-refractivity contribution < 1.29 is 0 Å². The number of para-hydroxylation sites is 1. The van der Waals surface area contributed by atoms with E-state index in [1.165, 1.54) is 0 Å². The first-order valence-corrected chi connectivity index (χ1v) is 7.80. The molecule has 2 aromatic carbocycles. The molecule has 2 aliphatic heterocycles. The Kier molecular flexibility index (Phi) is 3.40. The molecule has 0 saturated heterocycles. The van der Waals surface area contributed by atoms with Gasteiger partial charge in [-0.15, -0.1) is 0 Å². The predicted octanol–water partition coefficient (Wildman–Crippen LogP) is 3.49. The van der Waals surface area contributed by atoms with Crippen molar-refractivity contribution in [1.29, 1.82) is 0 Å². The Labute approximate surface area is 145 Å². The molecule has 2 heterocycles. The van der Waals surface area contributed by atoms with E-state index in [9.17, 15) is 9.59 Å². The van der Waals surface area contributed by atoms with Crippen LogP contribution in [0.15, 0.2) is 58.1 Å². The molecule has 0 amide bonds. The number of hydrogen-bond donors (Lipinski definition) is 1. The molecule has 1 N–H and O–H groups in total. The molecule has 0 atom stereocenters. The smallest absolute Gasteiger partial charge is 0.294 e. The van der Waals surface area contributed by atoms with Gasteiger partial charge in [0.1, 0.15) is 0 Å². The summed E-state index contributed by atoms with van der Waals surface area (Å²) in [7, 11) is 0. The van der Waals surface area contributed by atoms with E-state index in [0.29, 0.717) is 21.3 Å². The van der Waals surface area contributed by atoms with Crippen LogP contribution in [-0.4, -0.2) is 14.5 Å².